The molecule has 0 spiro atoms. The summed E-state index contributed by atoms with van der Waals surface area (Å²) in [5, 5.41) is 2.87. The van der Waals surface area contributed by atoms with Crippen molar-refractivity contribution < 1.29 is 9.59 Å². The van der Waals surface area contributed by atoms with E-state index < -0.39 is 11.9 Å². The Morgan fingerprint density at radius 1 is 1.39 bits per heavy atom. The summed E-state index contributed by atoms with van der Waals surface area (Å²) < 4.78 is 2.07. The molecule has 3 N–H and O–H groups in total. The van der Waals surface area contributed by atoms with Crippen molar-refractivity contribution in [2.24, 2.45) is 5.73 Å². The number of amides is 3. The van der Waals surface area contributed by atoms with Crippen molar-refractivity contribution in [1.82, 2.24) is 19.8 Å². The van der Waals surface area contributed by atoms with Gasteiger partial charge in [-0.05, 0) is 31.9 Å². The Balaban J connectivity index is 1.61. The third kappa shape index (κ3) is 2.99. The molecule has 0 radical (unpaired) electrons. The van der Waals surface area contributed by atoms with Gasteiger partial charge in [0.15, 0.2) is 0 Å². The molecule has 0 aliphatic carbocycles. The summed E-state index contributed by atoms with van der Waals surface area (Å²) in [6.45, 7) is 3.63. The minimum atomic E-state index is -0.481. The fourth-order valence-corrected chi connectivity index (χ4v) is 3.16. The van der Waals surface area contributed by atoms with E-state index in [1.807, 2.05) is 31.2 Å². The number of urea groups is 1. The molecule has 7 heteroatoms. The van der Waals surface area contributed by atoms with Crippen LogP contribution >= 0.6 is 0 Å². The maximum absolute atomic E-state index is 12.2. The number of nitrogens with two attached hydrogens (primary N) is 1. The summed E-state index contributed by atoms with van der Waals surface area (Å²) in [6, 6.07) is 7.21. The number of carbonyl (C=O) groups excluding carboxylic acids is 2. The van der Waals surface area contributed by atoms with Gasteiger partial charge in [-0.2, -0.15) is 0 Å². The lowest BCUT2D eigenvalue weighted by atomic mass is 10.2. The molecule has 1 aliphatic rings. The van der Waals surface area contributed by atoms with Crippen LogP contribution in [0.4, 0.5) is 4.79 Å². The number of carbonyl (C=O) groups is 2. The predicted molar refractivity (Wildman–Crippen MR) is 86.8 cm³/mol. The van der Waals surface area contributed by atoms with Crippen LogP contribution in [0.25, 0.3) is 11.0 Å². The molecule has 0 saturated carbocycles. The van der Waals surface area contributed by atoms with Crippen molar-refractivity contribution in [3.63, 3.8) is 0 Å². The summed E-state index contributed by atoms with van der Waals surface area (Å²) in [5.74, 6) is 0.478. The Hall–Kier alpha value is -2.57. The molecule has 1 aromatic carbocycles. The van der Waals surface area contributed by atoms with Crippen LogP contribution < -0.4 is 11.1 Å². The first-order valence-corrected chi connectivity index (χ1v) is 7.83. The first-order valence-electron chi connectivity index (χ1n) is 7.83. The Morgan fingerprint density at radius 2 is 2.17 bits per heavy atom. The summed E-state index contributed by atoms with van der Waals surface area (Å²) in [7, 11) is 0. The molecule has 3 rings (SSSR count). The standard InChI is InChI=1S/C16H21N5O2/c1-11-19-12-5-2-3-6-13(12)20(11)10-8-18-16(23)21-9-4-7-14(21)15(17)22/h2-3,5-6,14H,4,7-10H2,1H3,(H2,17,22)(H,18,23). The van der Waals surface area contributed by atoms with Gasteiger partial charge in [0.25, 0.3) is 0 Å². The Labute approximate surface area is 134 Å². The topological polar surface area (TPSA) is 93.2 Å². The second kappa shape index (κ2) is 6.28. The number of hydrogen-bond acceptors (Lipinski definition) is 3. The van der Waals surface area contributed by atoms with Gasteiger partial charge in [-0.1, -0.05) is 12.1 Å². The molecule has 1 aromatic heterocycles. The van der Waals surface area contributed by atoms with Crippen LogP contribution in [-0.2, 0) is 11.3 Å². The minimum Gasteiger partial charge on any atom is -0.368 e. The highest BCUT2D eigenvalue weighted by atomic mass is 16.2. The van der Waals surface area contributed by atoms with Crippen LogP contribution in [0.3, 0.4) is 0 Å². The highest BCUT2D eigenvalue weighted by molar-refractivity contribution is 5.86. The van der Waals surface area contributed by atoms with Crippen LogP contribution in [-0.4, -0.2) is 45.5 Å². The van der Waals surface area contributed by atoms with Gasteiger partial charge in [0.2, 0.25) is 5.91 Å². The molecule has 7 nitrogen and oxygen atoms in total. The number of benzene rings is 1. The monoisotopic (exact) mass is 315 g/mol. The molecule has 1 aliphatic heterocycles. The van der Waals surface area contributed by atoms with Gasteiger partial charge < -0.3 is 20.5 Å². The Kier molecular flexibility index (Phi) is 4.18. The second-order valence-corrected chi connectivity index (χ2v) is 5.79. The van der Waals surface area contributed by atoms with Gasteiger partial charge in [0.05, 0.1) is 11.0 Å². The third-order valence-electron chi connectivity index (χ3n) is 4.30. The summed E-state index contributed by atoms with van der Waals surface area (Å²) >= 11 is 0. The van der Waals surface area contributed by atoms with Crippen molar-refractivity contribution in [3.05, 3.63) is 30.1 Å². The number of primary amides is 1. The van der Waals surface area contributed by atoms with E-state index in [9.17, 15) is 9.59 Å². The molecular weight excluding hydrogens is 294 g/mol. The predicted octanol–water partition coefficient (Wildman–Crippen LogP) is 1.00. The van der Waals surface area contributed by atoms with E-state index in [4.69, 9.17) is 5.73 Å². The quantitative estimate of drug-likeness (QED) is 0.881. The highest BCUT2D eigenvalue weighted by Gasteiger charge is 2.32. The van der Waals surface area contributed by atoms with Gasteiger partial charge in [0, 0.05) is 19.6 Å². The number of fused-ring (bicyclic) bond motifs is 1. The number of aryl methyl sites for hydroxylation is 1. The average molecular weight is 315 g/mol. The molecule has 0 bridgehead atoms. The number of para-hydroxylation sites is 2. The number of nitrogens with zero attached hydrogens (tertiary/aromatic N) is 3. The number of hydrogen-bond donors (Lipinski definition) is 2. The van der Waals surface area contributed by atoms with E-state index >= 15 is 0 Å². The molecule has 23 heavy (non-hydrogen) atoms. The molecule has 2 aromatic rings. The van der Waals surface area contributed by atoms with Crippen molar-refractivity contribution in [2.45, 2.75) is 32.4 Å². The van der Waals surface area contributed by atoms with E-state index in [-0.39, 0.29) is 6.03 Å². The molecule has 3 amide bonds. The first kappa shape index (κ1) is 15.3. The maximum Gasteiger partial charge on any atom is 0.318 e. The summed E-state index contributed by atoms with van der Waals surface area (Å²) in [5.41, 5.74) is 7.34. The van der Waals surface area contributed by atoms with E-state index in [0.29, 0.717) is 26.1 Å². The van der Waals surface area contributed by atoms with Crippen LogP contribution in [0.2, 0.25) is 0 Å². The third-order valence-corrected chi connectivity index (χ3v) is 4.30. The smallest absolute Gasteiger partial charge is 0.318 e. The van der Waals surface area contributed by atoms with Crippen LogP contribution in [0.5, 0.6) is 0 Å². The lowest BCUT2D eigenvalue weighted by Gasteiger charge is -2.22. The number of likely N-dealkylation sites (tertiary alicyclic amines) is 1. The largest absolute Gasteiger partial charge is 0.368 e. The fourth-order valence-electron chi connectivity index (χ4n) is 3.16. The van der Waals surface area contributed by atoms with Gasteiger partial charge in [0.1, 0.15) is 11.9 Å². The van der Waals surface area contributed by atoms with Crippen molar-refractivity contribution in [3.8, 4) is 0 Å². The van der Waals surface area contributed by atoms with Crippen LogP contribution in [0, 0.1) is 6.92 Å². The highest BCUT2D eigenvalue weighted by Crippen LogP contribution is 2.17. The number of aromatic nitrogens is 2. The van der Waals surface area contributed by atoms with Gasteiger partial charge in [-0.25, -0.2) is 9.78 Å². The first-order chi connectivity index (χ1) is 11.1. The van der Waals surface area contributed by atoms with E-state index in [2.05, 4.69) is 14.9 Å². The lowest BCUT2D eigenvalue weighted by molar-refractivity contribution is -0.121. The second-order valence-electron chi connectivity index (χ2n) is 5.79. The molecule has 2 heterocycles. The molecular formula is C16H21N5O2. The Morgan fingerprint density at radius 3 is 2.96 bits per heavy atom. The zero-order valence-corrected chi connectivity index (χ0v) is 13.2. The van der Waals surface area contributed by atoms with Gasteiger partial charge in [-0.3, -0.25) is 4.79 Å². The zero-order chi connectivity index (χ0) is 16.4. The maximum atomic E-state index is 12.2. The van der Waals surface area contributed by atoms with Crippen LogP contribution in [0.15, 0.2) is 24.3 Å². The van der Waals surface area contributed by atoms with E-state index in [1.165, 1.54) is 4.90 Å². The fraction of sp³-hybridized carbons (Fsp3) is 0.438. The van der Waals surface area contributed by atoms with Gasteiger partial charge in [-0.15, -0.1) is 0 Å². The zero-order valence-electron chi connectivity index (χ0n) is 13.2. The summed E-state index contributed by atoms with van der Waals surface area (Å²) in [4.78, 5) is 29.6. The molecule has 1 unspecified atom stereocenters. The van der Waals surface area contributed by atoms with Crippen molar-refractivity contribution in [1.29, 1.82) is 0 Å². The number of imidazole rings is 1. The number of nitrogens with one attached hydrogen (secondary N) is 1. The molecule has 122 valence electrons. The van der Waals surface area contributed by atoms with Gasteiger partial charge >= 0.3 is 6.03 Å². The Bertz CT molecular complexity index is 739. The van der Waals surface area contributed by atoms with E-state index in [1.54, 1.807) is 0 Å². The normalized spacial score (nSPS) is 17.6. The van der Waals surface area contributed by atoms with Crippen molar-refractivity contribution >= 4 is 23.0 Å². The SMILES string of the molecule is Cc1nc2ccccc2n1CCNC(=O)N1CCCC1C(N)=O. The van der Waals surface area contributed by atoms with E-state index in [0.717, 1.165) is 23.3 Å². The molecule has 1 atom stereocenters. The molecule has 1 saturated heterocycles. The van der Waals surface area contributed by atoms with Crippen LogP contribution in [0.1, 0.15) is 18.7 Å². The molecule has 1 fully saturated rings. The number of rotatable bonds is 4. The van der Waals surface area contributed by atoms with Crippen molar-refractivity contribution in [2.75, 3.05) is 13.1 Å². The average Bonchev–Trinajstić information content (AvgIpc) is 3.12. The minimum absolute atomic E-state index is 0.228. The summed E-state index contributed by atoms with van der Waals surface area (Å²) in [6.07, 6.45) is 1.46. The lowest BCUT2D eigenvalue weighted by Crippen LogP contribution is -2.48.